The van der Waals surface area contributed by atoms with E-state index >= 15 is 0 Å². The molecule has 6 heteroatoms. The van der Waals surface area contributed by atoms with E-state index in [9.17, 15) is 9.59 Å². The van der Waals surface area contributed by atoms with Gasteiger partial charge in [-0.15, -0.1) is 0 Å². The van der Waals surface area contributed by atoms with Crippen LogP contribution in [0.5, 0.6) is 0 Å². The van der Waals surface area contributed by atoms with E-state index < -0.39 is 20.9 Å². The first-order chi connectivity index (χ1) is 9.66. The summed E-state index contributed by atoms with van der Waals surface area (Å²) in [5.41, 5.74) is -0.0246. The third kappa shape index (κ3) is 5.11. The Balaban J connectivity index is 2.85. The molecular formula is C15H29NO4Si. The number of carbonyl (C=O) groups is 2. The van der Waals surface area contributed by atoms with Gasteiger partial charge in [-0.1, -0.05) is 20.8 Å². The predicted octanol–water partition coefficient (Wildman–Crippen LogP) is 1.72. The Hall–Kier alpha value is -0.883. The maximum absolute atomic E-state index is 11.9. The van der Waals surface area contributed by atoms with Crippen LogP contribution >= 0.6 is 0 Å². The molecule has 0 aromatic rings. The summed E-state index contributed by atoms with van der Waals surface area (Å²) in [6.45, 7) is 13.3. The number of esters is 1. The molecule has 3 atom stereocenters. The van der Waals surface area contributed by atoms with Crippen LogP contribution < -0.4 is 5.32 Å². The lowest BCUT2D eigenvalue weighted by Gasteiger charge is -2.41. The smallest absolute Gasteiger partial charge is 0.318 e. The van der Waals surface area contributed by atoms with Crippen LogP contribution in [0.15, 0.2) is 0 Å². The minimum Gasteiger partial charge on any atom is -0.465 e. The van der Waals surface area contributed by atoms with Crippen LogP contribution in [-0.2, 0) is 18.8 Å². The first kappa shape index (κ1) is 18.2. The van der Waals surface area contributed by atoms with E-state index in [0.29, 0.717) is 19.6 Å². The van der Waals surface area contributed by atoms with Crippen molar-refractivity contribution < 1.29 is 18.8 Å². The summed E-state index contributed by atoms with van der Waals surface area (Å²) in [7, 11) is -1.20. The van der Waals surface area contributed by atoms with Crippen LogP contribution in [-0.4, -0.2) is 40.2 Å². The average Bonchev–Trinajstić information content (AvgIpc) is 2.35. The zero-order valence-corrected chi connectivity index (χ0v) is 15.2. The summed E-state index contributed by atoms with van der Waals surface area (Å²) in [6.07, 6.45) is 0.551. The lowest BCUT2D eigenvalue weighted by molar-refractivity contribution is -0.155. The maximum atomic E-state index is 11.9. The van der Waals surface area contributed by atoms with Crippen molar-refractivity contribution in [2.24, 2.45) is 17.3 Å². The third-order valence-electron chi connectivity index (χ3n) is 3.67. The Labute approximate surface area is 129 Å². The van der Waals surface area contributed by atoms with Gasteiger partial charge in [-0.05, 0) is 31.9 Å². The van der Waals surface area contributed by atoms with Gasteiger partial charge >= 0.3 is 5.97 Å². The Kier molecular flexibility index (Phi) is 6.40. The fourth-order valence-corrected chi connectivity index (χ4v) is 4.06. The minimum atomic E-state index is -1.20. The largest absolute Gasteiger partial charge is 0.465 e. The molecule has 21 heavy (non-hydrogen) atoms. The molecule has 0 radical (unpaired) electrons. The number of amides is 1. The topological polar surface area (TPSA) is 64.6 Å². The molecule has 0 saturated carbocycles. The Morgan fingerprint density at radius 2 is 2.05 bits per heavy atom. The Morgan fingerprint density at radius 3 is 2.52 bits per heavy atom. The number of hydrogen-bond donors (Lipinski definition) is 1. The second kappa shape index (κ2) is 7.40. The molecule has 1 rings (SSSR count). The van der Waals surface area contributed by atoms with Crippen molar-refractivity contribution in [1.29, 1.82) is 0 Å². The van der Waals surface area contributed by atoms with Gasteiger partial charge in [0.1, 0.15) is 5.92 Å². The van der Waals surface area contributed by atoms with Gasteiger partial charge in [-0.3, -0.25) is 9.59 Å². The monoisotopic (exact) mass is 315 g/mol. The van der Waals surface area contributed by atoms with Crippen molar-refractivity contribution in [3.8, 4) is 0 Å². The standard InChI is InChI=1S/C15H29NO4Si/c1-7-19-14(18)11-8-10(9-16-13(11)17)12(15(2,3)4)20-21(5)6/h10-12,21H,7-9H2,1-6H3,(H,16,17). The van der Waals surface area contributed by atoms with Gasteiger partial charge < -0.3 is 14.5 Å². The van der Waals surface area contributed by atoms with Crippen LogP contribution in [0.1, 0.15) is 34.1 Å². The molecule has 5 nitrogen and oxygen atoms in total. The maximum Gasteiger partial charge on any atom is 0.318 e. The number of nitrogens with one attached hydrogen (secondary N) is 1. The molecule has 1 N–H and O–H groups in total. The van der Waals surface area contributed by atoms with Crippen LogP contribution in [0.25, 0.3) is 0 Å². The second-order valence-corrected chi connectivity index (χ2v) is 9.39. The van der Waals surface area contributed by atoms with E-state index in [-0.39, 0.29) is 23.3 Å². The van der Waals surface area contributed by atoms with Crippen molar-refractivity contribution in [3.63, 3.8) is 0 Å². The van der Waals surface area contributed by atoms with Gasteiger partial charge in [0.25, 0.3) is 0 Å². The summed E-state index contributed by atoms with van der Waals surface area (Å²) in [5, 5.41) is 2.84. The molecule has 1 aliphatic heterocycles. The molecule has 1 amide bonds. The minimum absolute atomic E-state index is 0.0246. The number of carbonyl (C=O) groups excluding carboxylic acids is 2. The van der Waals surface area contributed by atoms with Crippen molar-refractivity contribution in [2.75, 3.05) is 13.2 Å². The molecule has 1 fully saturated rings. The molecule has 0 spiro atoms. The normalized spacial score (nSPS) is 24.6. The first-order valence-electron chi connectivity index (χ1n) is 7.76. The highest BCUT2D eigenvalue weighted by molar-refractivity contribution is 6.48. The van der Waals surface area contributed by atoms with Crippen LogP contribution in [0.2, 0.25) is 13.1 Å². The van der Waals surface area contributed by atoms with E-state index in [0.717, 1.165) is 0 Å². The van der Waals surface area contributed by atoms with Crippen molar-refractivity contribution >= 4 is 20.9 Å². The molecule has 3 unspecified atom stereocenters. The molecule has 0 aliphatic carbocycles. The molecule has 0 bridgehead atoms. The van der Waals surface area contributed by atoms with Gasteiger partial charge in [0.05, 0.1) is 12.7 Å². The highest BCUT2D eigenvalue weighted by Gasteiger charge is 2.42. The number of piperidine rings is 1. The molecule has 1 saturated heterocycles. The predicted molar refractivity (Wildman–Crippen MR) is 84.4 cm³/mol. The van der Waals surface area contributed by atoms with Gasteiger partial charge in [0.15, 0.2) is 9.04 Å². The zero-order chi connectivity index (χ0) is 16.2. The van der Waals surface area contributed by atoms with E-state index in [1.807, 2.05) is 0 Å². The fourth-order valence-electron chi connectivity index (χ4n) is 2.84. The second-order valence-electron chi connectivity index (χ2n) is 7.02. The van der Waals surface area contributed by atoms with E-state index in [1.165, 1.54) is 0 Å². The molecule has 0 aromatic heterocycles. The summed E-state index contributed by atoms with van der Waals surface area (Å²) in [5.74, 6) is -1.20. The van der Waals surface area contributed by atoms with Gasteiger partial charge in [-0.2, -0.15) is 0 Å². The van der Waals surface area contributed by atoms with Gasteiger partial charge in [-0.25, -0.2) is 0 Å². The lowest BCUT2D eigenvalue weighted by atomic mass is 9.76. The number of hydrogen-bond acceptors (Lipinski definition) is 4. The first-order valence-corrected chi connectivity index (χ1v) is 10.5. The molecule has 0 aromatic carbocycles. The summed E-state index contributed by atoms with van der Waals surface area (Å²) < 4.78 is 11.2. The SMILES string of the molecule is CCOC(=O)C1CC(C(O[SiH](C)C)C(C)(C)C)CNC1=O. The zero-order valence-electron chi connectivity index (χ0n) is 14.1. The summed E-state index contributed by atoms with van der Waals surface area (Å²) in [6, 6.07) is 0. The number of ether oxygens (including phenoxy) is 1. The molecule has 122 valence electrons. The van der Waals surface area contributed by atoms with E-state index in [1.54, 1.807) is 6.92 Å². The Bertz CT molecular complexity index is 378. The molecule has 1 aliphatic rings. The molecular weight excluding hydrogens is 286 g/mol. The summed E-state index contributed by atoms with van der Waals surface area (Å²) >= 11 is 0. The summed E-state index contributed by atoms with van der Waals surface area (Å²) in [4.78, 5) is 23.8. The molecule has 1 heterocycles. The van der Waals surface area contributed by atoms with Crippen molar-refractivity contribution in [3.05, 3.63) is 0 Å². The fraction of sp³-hybridized carbons (Fsp3) is 0.867. The van der Waals surface area contributed by atoms with Gasteiger partial charge in [0.2, 0.25) is 5.91 Å². The highest BCUT2D eigenvalue weighted by atomic mass is 28.3. The number of rotatable bonds is 5. The van der Waals surface area contributed by atoms with E-state index in [2.05, 4.69) is 39.2 Å². The Morgan fingerprint density at radius 1 is 1.43 bits per heavy atom. The quantitative estimate of drug-likeness (QED) is 0.476. The van der Waals surface area contributed by atoms with Crippen molar-refractivity contribution in [2.45, 2.75) is 53.3 Å². The van der Waals surface area contributed by atoms with Crippen LogP contribution in [0.3, 0.4) is 0 Å². The third-order valence-corrected chi connectivity index (χ3v) is 4.50. The van der Waals surface area contributed by atoms with Crippen LogP contribution in [0, 0.1) is 17.3 Å². The van der Waals surface area contributed by atoms with Crippen LogP contribution in [0.4, 0.5) is 0 Å². The lowest BCUT2D eigenvalue weighted by Crippen LogP contribution is -2.52. The highest BCUT2D eigenvalue weighted by Crippen LogP contribution is 2.34. The average molecular weight is 315 g/mol. The van der Waals surface area contributed by atoms with E-state index in [4.69, 9.17) is 9.16 Å². The van der Waals surface area contributed by atoms with Gasteiger partial charge in [0, 0.05) is 12.5 Å². The van der Waals surface area contributed by atoms with Crippen molar-refractivity contribution in [1.82, 2.24) is 5.32 Å².